The molecular weight excluding hydrogens is 362 g/mol. The number of rotatable bonds is 6. The number of hydrogen-bond donors (Lipinski definition) is 0. The van der Waals surface area contributed by atoms with Crippen molar-refractivity contribution >= 4 is 40.2 Å². The molecule has 0 unspecified atom stereocenters. The SMILES string of the molecule is O=C(CSc1nc2ccccc2o1)OCc1nc(-c2cccs2)no1. The van der Waals surface area contributed by atoms with Crippen molar-refractivity contribution in [3.05, 3.63) is 47.7 Å². The molecule has 0 aliphatic heterocycles. The Labute approximate surface area is 150 Å². The zero-order valence-electron chi connectivity index (χ0n) is 12.7. The lowest BCUT2D eigenvalue weighted by Crippen LogP contribution is -2.07. The van der Waals surface area contributed by atoms with Crippen molar-refractivity contribution in [1.82, 2.24) is 15.1 Å². The average molecular weight is 373 g/mol. The Hall–Kier alpha value is -2.65. The van der Waals surface area contributed by atoms with Gasteiger partial charge in [-0.1, -0.05) is 35.1 Å². The van der Waals surface area contributed by atoms with Crippen molar-refractivity contribution in [2.75, 3.05) is 5.75 Å². The molecule has 9 heteroatoms. The van der Waals surface area contributed by atoms with Crippen molar-refractivity contribution in [2.24, 2.45) is 0 Å². The van der Waals surface area contributed by atoms with E-state index < -0.39 is 5.97 Å². The first kappa shape index (κ1) is 15.9. The molecule has 0 spiro atoms. The smallest absolute Gasteiger partial charge is 0.316 e. The quantitative estimate of drug-likeness (QED) is 0.372. The average Bonchev–Trinajstić information content (AvgIpc) is 3.37. The van der Waals surface area contributed by atoms with E-state index in [0.29, 0.717) is 16.6 Å². The van der Waals surface area contributed by atoms with E-state index >= 15 is 0 Å². The van der Waals surface area contributed by atoms with Crippen LogP contribution in [0, 0.1) is 0 Å². The molecule has 0 atom stereocenters. The maximum atomic E-state index is 11.8. The van der Waals surface area contributed by atoms with Gasteiger partial charge in [0.2, 0.25) is 5.82 Å². The van der Waals surface area contributed by atoms with Gasteiger partial charge in [0, 0.05) is 0 Å². The number of thioether (sulfide) groups is 1. The molecule has 1 aromatic carbocycles. The van der Waals surface area contributed by atoms with Crippen LogP contribution in [0.3, 0.4) is 0 Å². The monoisotopic (exact) mass is 373 g/mol. The molecule has 0 aliphatic carbocycles. The summed E-state index contributed by atoms with van der Waals surface area (Å²) in [6.07, 6.45) is 0. The van der Waals surface area contributed by atoms with Crippen LogP contribution >= 0.6 is 23.1 Å². The summed E-state index contributed by atoms with van der Waals surface area (Å²) < 4.78 is 15.7. The van der Waals surface area contributed by atoms with Gasteiger partial charge in [-0.25, -0.2) is 4.98 Å². The fraction of sp³-hybridized carbons (Fsp3) is 0.125. The summed E-state index contributed by atoms with van der Waals surface area (Å²) in [5.74, 6) is 0.410. The zero-order valence-corrected chi connectivity index (χ0v) is 14.4. The third kappa shape index (κ3) is 3.72. The third-order valence-electron chi connectivity index (χ3n) is 3.15. The van der Waals surface area contributed by atoms with Crippen LogP contribution < -0.4 is 0 Å². The van der Waals surface area contributed by atoms with Crippen LogP contribution in [0.2, 0.25) is 0 Å². The molecular formula is C16H11N3O4S2. The Bertz CT molecular complexity index is 961. The number of carbonyl (C=O) groups excluding carboxylic acids is 1. The minimum atomic E-state index is -0.414. The minimum absolute atomic E-state index is 0.0642. The van der Waals surface area contributed by atoms with Crippen molar-refractivity contribution in [3.8, 4) is 10.7 Å². The summed E-state index contributed by atoms with van der Waals surface area (Å²) in [4.78, 5) is 21.2. The van der Waals surface area contributed by atoms with Gasteiger partial charge in [0.1, 0.15) is 11.3 Å². The summed E-state index contributed by atoms with van der Waals surface area (Å²) in [5, 5.41) is 6.21. The number of esters is 1. The molecule has 25 heavy (non-hydrogen) atoms. The summed E-state index contributed by atoms with van der Waals surface area (Å²) in [6.45, 7) is -0.0642. The number of ether oxygens (including phenoxy) is 1. The highest BCUT2D eigenvalue weighted by Gasteiger charge is 2.13. The highest BCUT2D eigenvalue weighted by molar-refractivity contribution is 7.99. The molecule has 0 aliphatic rings. The largest absolute Gasteiger partial charge is 0.455 e. The van der Waals surface area contributed by atoms with Crippen LogP contribution in [0.5, 0.6) is 0 Å². The zero-order chi connectivity index (χ0) is 17.1. The molecule has 3 heterocycles. The molecule has 7 nitrogen and oxygen atoms in total. The van der Waals surface area contributed by atoms with Crippen molar-refractivity contribution in [3.63, 3.8) is 0 Å². The Balaban J connectivity index is 1.29. The topological polar surface area (TPSA) is 91.2 Å². The van der Waals surface area contributed by atoms with Crippen LogP contribution in [0.15, 0.2) is 55.9 Å². The van der Waals surface area contributed by atoms with Gasteiger partial charge in [-0.15, -0.1) is 11.3 Å². The van der Waals surface area contributed by atoms with E-state index in [4.69, 9.17) is 13.7 Å². The van der Waals surface area contributed by atoms with Gasteiger partial charge in [-0.2, -0.15) is 4.98 Å². The number of oxazole rings is 1. The van der Waals surface area contributed by atoms with Crippen molar-refractivity contribution in [2.45, 2.75) is 11.8 Å². The fourth-order valence-electron chi connectivity index (χ4n) is 2.04. The highest BCUT2D eigenvalue weighted by Crippen LogP contribution is 2.24. The summed E-state index contributed by atoms with van der Waals surface area (Å²) in [7, 11) is 0. The van der Waals surface area contributed by atoms with Gasteiger partial charge >= 0.3 is 5.97 Å². The Morgan fingerprint density at radius 3 is 2.96 bits per heavy atom. The van der Waals surface area contributed by atoms with Gasteiger partial charge in [0.25, 0.3) is 11.1 Å². The summed E-state index contributed by atoms with van der Waals surface area (Å²) in [5.41, 5.74) is 1.44. The summed E-state index contributed by atoms with van der Waals surface area (Å²) >= 11 is 2.68. The number of benzene rings is 1. The molecule has 0 radical (unpaired) electrons. The molecule has 0 bridgehead atoms. The van der Waals surface area contributed by atoms with Gasteiger partial charge in [0.05, 0.1) is 4.88 Å². The lowest BCUT2D eigenvalue weighted by Gasteiger charge is -1.99. The van der Waals surface area contributed by atoms with Gasteiger partial charge < -0.3 is 13.7 Å². The molecule has 126 valence electrons. The maximum absolute atomic E-state index is 11.8. The molecule has 0 saturated carbocycles. The van der Waals surface area contributed by atoms with E-state index in [1.54, 1.807) is 0 Å². The van der Waals surface area contributed by atoms with Crippen molar-refractivity contribution in [1.29, 1.82) is 0 Å². The second-order valence-corrected chi connectivity index (χ2v) is 6.76. The number of para-hydroxylation sites is 2. The van der Waals surface area contributed by atoms with Crippen LogP contribution in [0.1, 0.15) is 5.89 Å². The lowest BCUT2D eigenvalue weighted by molar-refractivity contribution is -0.142. The number of aromatic nitrogens is 3. The molecule has 0 amide bonds. The normalized spacial score (nSPS) is 11.0. The molecule has 0 fully saturated rings. The molecule has 4 aromatic rings. The number of hydrogen-bond acceptors (Lipinski definition) is 9. The van der Waals surface area contributed by atoms with E-state index in [1.807, 2.05) is 41.8 Å². The standard InChI is InChI=1S/C16H11N3O4S2/c20-14(9-25-16-17-10-4-1-2-5-11(10)22-16)21-8-13-18-15(19-23-13)12-6-3-7-24-12/h1-7H,8-9H2. The fourth-order valence-corrected chi connectivity index (χ4v) is 3.32. The molecule has 0 N–H and O–H groups in total. The van der Waals surface area contributed by atoms with E-state index in [0.717, 1.165) is 10.4 Å². The number of thiophene rings is 1. The maximum Gasteiger partial charge on any atom is 0.316 e. The highest BCUT2D eigenvalue weighted by atomic mass is 32.2. The number of fused-ring (bicyclic) bond motifs is 1. The van der Waals surface area contributed by atoms with E-state index in [9.17, 15) is 4.79 Å². The first-order chi connectivity index (χ1) is 12.3. The second-order valence-electron chi connectivity index (χ2n) is 4.89. The minimum Gasteiger partial charge on any atom is -0.455 e. The van der Waals surface area contributed by atoms with E-state index in [1.165, 1.54) is 23.1 Å². The third-order valence-corrected chi connectivity index (χ3v) is 4.82. The van der Waals surface area contributed by atoms with Gasteiger partial charge in [0.15, 0.2) is 12.2 Å². The Morgan fingerprint density at radius 2 is 2.12 bits per heavy atom. The Kier molecular flexibility index (Phi) is 4.49. The van der Waals surface area contributed by atoms with Crippen LogP contribution in [0.25, 0.3) is 21.8 Å². The van der Waals surface area contributed by atoms with Gasteiger partial charge in [-0.05, 0) is 23.6 Å². The number of nitrogens with zero attached hydrogens (tertiary/aromatic N) is 3. The van der Waals surface area contributed by atoms with Gasteiger partial charge in [-0.3, -0.25) is 4.79 Å². The predicted octanol–water partition coefficient (Wildman–Crippen LogP) is 3.77. The number of carbonyl (C=O) groups is 1. The van der Waals surface area contributed by atoms with E-state index in [-0.39, 0.29) is 18.3 Å². The van der Waals surface area contributed by atoms with Crippen molar-refractivity contribution < 1.29 is 18.5 Å². The predicted molar refractivity (Wildman–Crippen MR) is 92.1 cm³/mol. The van der Waals surface area contributed by atoms with E-state index in [2.05, 4.69) is 15.1 Å². The first-order valence-electron chi connectivity index (χ1n) is 7.28. The lowest BCUT2D eigenvalue weighted by atomic mass is 10.3. The second kappa shape index (κ2) is 7.08. The Morgan fingerprint density at radius 1 is 1.20 bits per heavy atom. The molecule has 0 saturated heterocycles. The van der Waals surface area contributed by atoms with Crippen LogP contribution in [-0.2, 0) is 16.1 Å². The molecule has 3 aromatic heterocycles. The first-order valence-corrected chi connectivity index (χ1v) is 9.15. The van der Waals surface area contributed by atoms with Crippen LogP contribution in [0.4, 0.5) is 0 Å². The molecule has 4 rings (SSSR count). The van der Waals surface area contributed by atoms with Crippen LogP contribution in [-0.4, -0.2) is 26.8 Å². The summed E-state index contributed by atoms with van der Waals surface area (Å²) in [6, 6.07) is 11.2.